The molecule has 2 aliphatic rings. The number of methoxy groups -OCH3 is 1. The number of nitrogens with two attached hydrogens (primary N) is 1. The lowest BCUT2D eigenvalue weighted by Gasteiger charge is -2.40. The van der Waals surface area contributed by atoms with E-state index in [9.17, 15) is 0 Å². The van der Waals surface area contributed by atoms with Gasteiger partial charge in [0.25, 0.3) is 0 Å². The van der Waals surface area contributed by atoms with Crippen LogP contribution in [0.5, 0.6) is 0 Å². The molecule has 1 unspecified atom stereocenters. The SMILES string of the molecule is COC1(C(N)CC2CCC2)CCCCCC1. The van der Waals surface area contributed by atoms with Crippen LogP contribution in [0.1, 0.15) is 64.2 Å². The molecule has 2 rings (SSSR count). The first kappa shape index (κ1) is 12.4. The van der Waals surface area contributed by atoms with Gasteiger partial charge in [0.1, 0.15) is 0 Å². The molecule has 2 heteroatoms. The van der Waals surface area contributed by atoms with Gasteiger partial charge in [-0.1, -0.05) is 44.9 Å². The van der Waals surface area contributed by atoms with Gasteiger partial charge in [0, 0.05) is 13.2 Å². The van der Waals surface area contributed by atoms with Crippen molar-refractivity contribution in [3.8, 4) is 0 Å². The van der Waals surface area contributed by atoms with Gasteiger partial charge in [-0.2, -0.15) is 0 Å². The largest absolute Gasteiger partial charge is 0.377 e. The summed E-state index contributed by atoms with van der Waals surface area (Å²) in [7, 11) is 1.87. The first-order valence-electron chi connectivity index (χ1n) is 7.07. The van der Waals surface area contributed by atoms with Gasteiger partial charge in [0.05, 0.1) is 5.60 Å². The lowest BCUT2D eigenvalue weighted by Crippen LogP contribution is -2.50. The molecular weight excluding hydrogens is 198 g/mol. The predicted molar refractivity (Wildman–Crippen MR) is 67.4 cm³/mol. The Morgan fingerprint density at radius 2 is 1.75 bits per heavy atom. The molecule has 16 heavy (non-hydrogen) atoms. The summed E-state index contributed by atoms with van der Waals surface area (Å²) in [4.78, 5) is 0. The average molecular weight is 225 g/mol. The highest BCUT2D eigenvalue weighted by molar-refractivity contribution is 4.94. The third-order valence-electron chi connectivity index (χ3n) is 4.84. The lowest BCUT2D eigenvalue weighted by molar-refractivity contribution is -0.0506. The normalized spacial score (nSPS) is 28.1. The first-order valence-corrected chi connectivity index (χ1v) is 7.07. The van der Waals surface area contributed by atoms with Gasteiger partial charge in [0.15, 0.2) is 0 Å². The maximum atomic E-state index is 6.45. The minimum absolute atomic E-state index is 0.00604. The Morgan fingerprint density at radius 3 is 2.19 bits per heavy atom. The molecule has 0 saturated heterocycles. The summed E-state index contributed by atoms with van der Waals surface area (Å²) in [5.74, 6) is 0.894. The van der Waals surface area contributed by atoms with Crippen molar-refractivity contribution in [1.82, 2.24) is 0 Å². The van der Waals surface area contributed by atoms with E-state index in [0.29, 0.717) is 0 Å². The van der Waals surface area contributed by atoms with Gasteiger partial charge < -0.3 is 10.5 Å². The van der Waals surface area contributed by atoms with Crippen molar-refractivity contribution in [2.24, 2.45) is 11.7 Å². The molecule has 0 aliphatic heterocycles. The molecule has 0 radical (unpaired) electrons. The van der Waals surface area contributed by atoms with E-state index in [1.54, 1.807) is 0 Å². The van der Waals surface area contributed by atoms with Crippen LogP contribution >= 0.6 is 0 Å². The third kappa shape index (κ3) is 2.60. The van der Waals surface area contributed by atoms with E-state index in [1.807, 2.05) is 7.11 Å². The average Bonchev–Trinajstić information content (AvgIpc) is 2.49. The Bertz CT molecular complexity index is 205. The highest BCUT2D eigenvalue weighted by atomic mass is 16.5. The fourth-order valence-corrected chi connectivity index (χ4v) is 3.36. The van der Waals surface area contributed by atoms with Crippen LogP contribution in [0.3, 0.4) is 0 Å². The minimum atomic E-state index is 0.00604. The van der Waals surface area contributed by atoms with Gasteiger partial charge >= 0.3 is 0 Å². The summed E-state index contributed by atoms with van der Waals surface area (Å²) in [5.41, 5.74) is 6.45. The van der Waals surface area contributed by atoms with Crippen molar-refractivity contribution in [3.05, 3.63) is 0 Å². The molecule has 0 amide bonds. The van der Waals surface area contributed by atoms with Gasteiger partial charge in [-0.3, -0.25) is 0 Å². The summed E-state index contributed by atoms with van der Waals surface area (Å²) in [6.45, 7) is 0. The molecule has 0 bridgehead atoms. The highest BCUT2D eigenvalue weighted by Gasteiger charge is 2.38. The lowest BCUT2D eigenvalue weighted by atomic mass is 9.75. The number of ether oxygens (including phenoxy) is 1. The zero-order valence-corrected chi connectivity index (χ0v) is 10.7. The molecule has 94 valence electrons. The van der Waals surface area contributed by atoms with Gasteiger partial charge in [-0.05, 0) is 25.2 Å². The second-order valence-corrected chi connectivity index (χ2v) is 5.82. The minimum Gasteiger partial charge on any atom is -0.377 e. The van der Waals surface area contributed by atoms with E-state index in [1.165, 1.54) is 64.2 Å². The quantitative estimate of drug-likeness (QED) is 0.745. The first-order chi connectivity index (χ1) is 7.77. The molecule has 0 heterocycles. The van der Waals surface area contributed by atoms with Crippen LogP contribution in [0.25, 0.3) is 0 Å². The fraction of sp³-hybridized carbons (Fsp3) is 1.00. The summed E-state index contributed by atoms with van der Waals surface area (Å²) in [5, 5.41) is 0. The van der Waals surface area contributed by atoms with Crippen LogP contribution in [-0.4, -0.2) is 18.8 Å². The molecule has 0 spiro atoms. The van der Waals surface area contributed by atoms with E-state index >= 15 is 0 Å². The topological polar surface area (TPSA) is 35.2 Å². The second-order valence-electron chi connectivity index (χ2n) is 5.82. The molecule has 1 atom stereocenters. The summed E-state index contributed by atoms with van der Waals surface area (Å²) in [6, 6.07) is 0.265. The number of hydrogen-bond donors (Lipinski definition) is 1. The molecule has 0 aromatic heterocycles. The Hall–Kier alpha value is -0.0800. The number of rotatable bonds is 4. The van der Waals surface area contributed by atoms with Crippen LogP contribution in [0.2, 0.25) is 0 Å². The smallest absolute Gasteiger partial charge is 0.0828 e. The summed E-state index contributed by atoms with van der Waals surface area (Å²) < 4.78 is 5.87. The Kier molecular flexibility index (Phi) is 4.26. The number of hydrogen-bond acceptors (Lipinski definition) is 2. The molecule has 2 N–H and O–H groups in total. The van der Waals surface area contributed by atoms with Gasteiger partial charge in [-0.15, -0.1) is 0 Å². The molecular formula is C14H27NO. The maximum Gasteiger partial charge on any atom is 0.0828 e. The van der Waals surface area contributed by atoms with E-state index < -0.39 is 0 Å². The molecule has 0 aromatic rings. The van der Waals surface area contributed by atoms with Crippen LogP contribution in [0, 0.1) is 5.92 Å². The van der Waals surface area contributed by atoms with Gasteiger partial charge in [0.2, 0.25) is 0 Å². The fourth-order valence-electron chi connectivity index (χ4n) is 3.36. The standard InChI is InChI=1S/C14H27NO/c1-16-14(9-4-2-3-5-10-14)13(15)11-12-7-6-8-12/h12-13H,2-11,15H2,1H3. The summed E-state index contributed by atoms with van der Waals surface area (Å²) >= 11 is 0. The molecule has 2 saturated carbocycles. The molecule has 2 aliphatic carbocycles. The van der Waals surface area contributed by atoms with Crippen molar-refractivity contribution in [2.45, 2.75) is 75.9 Å². The van der Waals surface area contributed by atoms with Crippen LogP contribution in [0.15, 0.2) is 0 Å². The van der Waals surface area contributed by atoms with E-state index in [-0.39, 0.29) is 11.6 Å². The Labute approximate surface area is 99.9 Å². The highest BCUT2D eigenvalue weighted by Crippen LogP contribution is 2.38. The van der Waals surface area contributed by atoms with Crippen LogP contribution in [0.4, 0.5) is 0 Å². The van der Waals surface area contributed by atoms with E-state index in [4.69, 9.17) is 10.5 Å². The van der Waals surface area contributed by atoms with Crippen molar-refractivity contribution in [1.29, 1.82) is 0 Å². The van der Waals surface area contributed by atoms with E-state index in [2.05, 4.69) is 0 Å². The molecule has 2 nitrogen and oxygen atoms in total. The Morgan fingerprint density at radius 1 is 1.12 bits per heavy atom. The van der Waals surface area contributed by atoms with E-state index in [0.717, 1.165) is 5.92 Å². The third-order valence-corrected chi connectivity index (χ3v) is 4.84. The van der Waals surface area contributed by atoms with Gasteiger partial charge in [-0.25, -0.2) is 0 Å². The molecule has 2 fully saturated rings. The second kappa shape index (κ2) is 5.50. The zero-order chi connectivity index (χ0) is 11.4. The zero-order valence-electron chi connectivity index (χ0n) is 10.7. The molecule has 0 aromatic carbocycles. The maximum absolute atomic E-state index is 6.45. The van der Waals surface area contributed by atoms with Crippen molar-refractivity contribution < 1.29 is 4.74 Å². The predicted octanol–water partition coefficient (Wildman–Crippen LogP) is 3.24. The van der Waals surface area contributed by atoms with Crippen molar-refractivity contribution in [3.63, 3.8) is 0 Å². The monoisotopic (exact) mass is 225 g/mol. The van der Waals surface area contributed by atoms with Crippen LogP contribution in [-0.2, 0) is 4.74 Å². The van der Waals surface area contributed by atoms with Crippen LogP contribution < -0.4 is 5.73 Å². The Balaban J connectivity index is 1.93. The van der Waals surface area contributed by atoms with Crippen molar-refractivity contribution in [2.75, 3.05) is 7.11 Å². The summed E-state index contributed by atoms with van der Waals surface area (Å²) in [6.07, 6.45) is 13.1. The van der Waals surface area contributed by atoms with Crippen molar-refractivity contribution >= 4 is 0 Å².